The Morgan fingerprint density at radius 3 is 2.69 bits per heavy atom. The van der Waals surface area contributed by atoms with Crippen LogP contribution >= 0.6 is 0 Å². The van der Waals surface area contributed by atoms with Gasteiger partial charge in [0.25, 0.3) is 0 Å². The van der Waals surface area contributed by atoms with E-state index in [-0.39, 0.29) is 6.02 Å². The van der Waals surface area contributed by atoms with E-state index in [2.05, 4.69) is 22.6 Å². The van der Waals surface area contributed by atoms with Gasteiger partial charge in [0.05, 0.1) is 11.8 Å². The zero-order chi connectivity index (χ0) is 12.4. The third-order valence-corrected chi connectivity index (χ3v) is 1.74. The van der Waals surface area contributed by atoms with Crippen LogP contribution in [0.15, 0.2) is 33.9 Å². The van der Waals surface area contributed by atoms with Crippen LogP contribution < -0.4 is 0 Å². The van der Waals surface area contributed by atoms with E-state index in [1.165, 1.54) is 0 Å². The Bertz CT molecular complexity index is 359. The maximum atomic E-state index is 8.78. The van der Waals surface area contributed by atoms with Crippen molar-refractivity contribution in [3.05, 3.63) is 23.9 Å². The first-order chi connectivity index (χ1) is 7.69. The van der Waals surface area contributed by atoms with Crippen LogP contribution in [0.5, 0.6) is 0 Å². The third-order valence-electron chi connectivity index (χ3n) is 1.74. The molecule has 0 spiro atoms. The minimum absolute atomic E-state index is 0.258. The molecule has 0 fully saturated rings. The molecule has 4 heteroatoms. The number of nitrogens with zero attached hydrogens (tertiary/aromatic N) is 3. The molecule has 0 bridgehead atoms. The van der Waals surface area contributed by atoms with Crippen LogP contribution in [0.2, 0.25) is 0 Å². The molecule has 0 amide bonds. The second-order valence-corrected chi connectivity index (χ2v) is 2.92. The number of allylic oxidation sites excluding steroid dienone is 2. The van der Waals surface area contributed by atoms with Crippen molar-refractivity contribution in [2.75, 3.05) is 6.61 Å². The van der Waals surface area contributed by atoms with Gasteiger partial charge in [-0.2, -0.15) is 10.3 Å². The van der Waals surface area contributed by atoms with Crippen molar-refractivity contribution in [1.29, 1.82) is 5.26 Å². The predicted molar refractivity (Wildman–Crippen MR) is 66.4 cm³/mol. The number of nitriles is 1. The van der Waals surface area contributed by atoms with Crippen LogP contribution in [0.25, 0.3) is 0 Å². The van der Waals surface area contributed by atoms with E-state index in [9.17, 15) is 0 Å². The Kier molecular flexibility index (Phi) is 7.43. The van der Waals surface area contributed by atoms with Gasteiger partial charge in [0, 0.05) is 11.8 Å². The molecule has 16 heavy (non-hydrogen) atoms. The monoisotopic (exact) mass is 219 g/mol. The summed E-state index contributed by atoms with van der Waals surface area (Å²) in [4.78, 5) is 8.18. The molecule has 0 atom stereocenters. The van der Waals surface area contributed by atoms with Gasteiger partial charge in [-0.3, -0.25) is 0 Å². The summed E-state index contributed by atoms with van der Waals surface area (Å²) in [5, 5.41) is 8.78. The molecule has 0 aromatic carbocycles. The van der Waals surface area contributed by atoms with Crippen molar-refractivity contribution in [2.24, 2.45) is 9.98 Å². The Morgan fingerprint density at radius 2 is 2.25 bits per heavy atom. The van der Waals surface area contributed by atoms with E-state index >= 15 is 0 Å². The van der Waals surface area contributed by atoms with Gasteiger partial charge in [-0.05, 0) is 20.3 Å². The van der Waals surface area contributed by atoms with Gasteiger partial charge >= 0.3 is 6.02 Å². The highest BCUT2D eigenvalue weighted by Crippen LogP contribution is 2.10. The van der Waals surface area contributed by atoms with E-state index in [0.29, 0.717) is 24.3 Å². The molecule has 0 aliphatic heterocycles. The quantitative estimate of drug-likeness (QED) is 0.316. The van der Waals surface area contributed by atoms with E-state index in [0.717, 1.165) is 0 Å². The lowest BCUT2D eigenvalue weighted by atomic mass is 10.2. The molecule has 0 heterocycles. The van der Waals surface area contributed by atoms with Crippen LogP contribution in [-0.4, -0.2) is 18.8 Å². The largest absolute Gasteiger partial charge is 0.459 e. The van der Waals surface area contributed by atoms with Gasteiger partial charge in [-0.25, -0.2) is 4.99 Å². The predicted octanol–water partition coefficient (Wildman–Crippen LogP) is 2.84. The molecule has 4 nitrogen and oxygen atoms in total. The lowest BCUT2D eigenvalue weighted by molar-refractivity contribution is 0.345. The summed E-state index contributed by atoms with van der Waals surface area (Å²) in [6.07, 6.45) is 3.88. The molecule has 0 saturated carbocycles. The van der Waals surface area contributed by atoms with E-state index in [1.807, 2.05) is 6.92 Å². The second-order valence-electron chi connectivity index (χ2n) is 2.92. The van der Waals surface area contributed by atoms with E-state index < -0.39 is 0 Å². The maximum absolute atomic E-state index is 8.78. The summed E-state index contributed by atoms with van der Waals surface area (Å²) in [6, 6.07) is 2.32. The van der Waals surface area contributed by atoms with Crippen LogP contribution in [0.3, 0.4) is 0 Å². The van der Waals surface area contributed by atoms with Gasteiger partial charge < -0.3 is 4.74 Å². The van der Waals surface area contributed by atoms with Crippen molar-refractivity contribution in [2.45, 2.75) is 27.2 Å². The summed E-state index contributed by atoms with van der Waals surface area (Å²) < 4.78 is 5.25. The third kappa shape index (κ3) is 5.11. The maximum Gasteiger partial charge on any atom is 0.316 e. The van der Waals surface area contributed by atoms with E-state index in [1.54, 1.807) is 26.1 Å². The van der Waals surface area contributed by atoms with Crippen molar-refractivity contribution in [3.8, 4) is 6.07 Å². The Balaban J connectivity index is 5.02. The first-order valence-electron chi connectivity index (χ1n) is 5.10. The zero-order valence-electron chi connectivity index (χ0n) is 10.0. The SMILES string of the molecule is C=CCOC(N=CC)=N/C(CC)=C(/C)C#N. The summed E-state index contributed by atoms with van der Waals surface area (Å²) in [5.74, 6) is 0. The van der Waals surface area contributed by atoms with Crippen LogP contribution in [0.1, 0.15) is 27.2 Å². The lowest BCUT2D eigenvalue weighted by Crippen LogP contribution is -2.03. The number of ether oxygens (including phenoxy) is 1. The van der Waals surface area contributed by atoms with Gasteiger partial charge in [0.15, 0.2) is 0 Å². The second kappa shape index (κ2) is 8.42. The van der Waals surface area contributed by atoms with Crippen LogP contribution in [0, 0.1) is 11.3 Å². The molecule has 0 aliphatic carbocycles. The van der Waals surface area contributed by atoms with E-state index in [4.69, 9.17) is 10.00 Å². The Labute approximate surface area is 96.7 Å². The van der Waals surface area contributed by atoms with Crippen molar-refractivity contribution in [1.82, 2.24) is 0 Å². The summed E-state index contributed by atoms with van der Waals surface area (Å²) in [7, 11) is 0. The smallest absolute Gasteiger partial charge is 0.316 e. The molecule has 0 radical (unpaired) electrons. The van der Waals surface area contributed by atoms with Crippen molar-refractivity contribution >= 4 is 12.2 Å². The van der Waals surface area contributed by atoms with Gasteiger partial charge in [-0.1, -0.05) is 19.6 Å². The van der Waals surface area contributed by atoms with Gasteiger partial charge in [-0.15, -0.1) is 0 Å². The molecular weight excluding hydrogens is 202 g/mol. The number of hydrogen-bond acceptors (Lipinski definition) is 3. The molecule has 0 saturated heterocycles. The highest BCUT2D eigenvalue weighted by atomic mass is 16.5. The molecule has 0 aromatic rings. The molecule has 86 valence electrons. The lowest BCUT2D eigenvalue weighted by Gasteiger charge is -2.03. The first kappa shape index (κ1) is 14.1. The highest BCUT2D eigenvalue weighted by molar-refractivity contribution is 5.83. The number of amidine groups is 1. The van der Waals surface area contributed by atoms with Gasteiger partial charge in [0.2, 0.25) is 0 Å². The number of rotatable bonds is 4. The fraction of sp³-hybridized carbons (Fsp3) is 0.417. The average Bonchev–Trinajstić information content (AvgIpc) is 2.31. The Morgan fingerprint density at radius 1 is 1.56 bits per heavy atom. The first-order valence-corrected chi connectivity index (χ1v) is 5.10. The molecule has 0 aromatic heterocycles. The standard InChI is InChI=1S/C12H17N3O/c1-5-8-16-12(14-7-3)15-11(6-2)10(4)9-13/h5,7H,1,6,8H2,2-4H3/b11-10-,14-7?,15-12?. The molecule has 0 aliphatic rings. The van der Waals surface area contributed by atoms with Gasteiger partial charge in [0.1, 0.15) is 6.61 Å². The zero-order valence-corrected chi connectivity index (χ0v) is 10.0. The highest BCUT2D eigenvalue weighted by Gasteiger charge is 2.02. The molecule has 0 unspecified atom stereocenters. The minimum atomic E-state index is 0.258. The van der Waals surface area contributed by atoms with Crippen LogP contribution in [-0.2, 0) is 4.74 Å². The molecular formula is C12H17N3O. The minimum Gasteiger partial charge on any atom is -0.459 e. The summed E-state index contributed by atoms with van der Waals surface area (Å²) in [6.45, 7) is 9.33. The van der Waals surface area contributed by atoms with Crippen molar-refractivity contribution in [3.63, 3.8) is 0 Å². The summed E-state index contributed by atoms with van der Waals surface area (Å²) >= 11 is 0. The molecule has 0 rings (SSSR count). The number of hydrogen-bond donors (Lipinski definition) is 0. The molecule has 0 N–H and O–H groups in total. The fourth-order valence-electron chi connectivity index (χ4n) is 0.950. The average molecular weight is 219 g/mol. The fourth-order valence-corrected chi connectivity index (χ4v) is 0.950. The topological polar surface area (TPSA) is 57.7 Å². The van der Waals surface area contributed by atoms with Crippen molar-refractivity contribution < 1.29 is 4.74 Å². The van der Waals surface area contributed by atoms with Crippen LogP contribution in [0.4, 0.5) is 0 Å². The normalized spacial score (nSPS) is 13.2. The number of aliphatic imine (C=N–C) groups is 2. The summed E-state index contributed by atoms with van der Waals surface area (Å²) in [5.41, 5.74) is 1.26. The Hall–Kier alpha value is -1.89.